The van der Waals surface area contributed by atoms with Crippen LogP contribution in [-0.2, 0) is 34.0 Å². The largest absolute Gasteiger partial charge is 0.495 e. The molecule has 0 aliphatic rings. The zero-order chi connectivity index (χ0) is 28.4. The van der Waals surface area contributed by atoms with Gasteiger partial charge in [0.2, 0.25) is 0 Å². The van der Waals surface area contributed by atoms with E-state index in [1.54, 1.807) is 30.5 Å². The molecule has 39 heavy (non-hydrogen) atoms. The van der Waals surface area contributed by atoms with Gasteiger partial charge in [-0.3, -0.25) is 4.72 Å². The fourth-order valence-corrected chi connectivity index (χ4v) is 6.21. The van der Waals surface area contributed by atoms with E-state index < -0.39 is 21.0 Å². The summed E-state index contributed by atoms with van der Waals surface area (Å²) in [5.74, 6) is 0.831. The average molecular weight is 595 g/mol. The number of anilines is 1. The Balaban J connectivity index is 1.57. The molecule has 0 amide bonds. The van der Waals surface area contributed by atoms with Gasteiger partial charge in [0.05, 0.1) is 35.3 Å². The number of rotatable bonds is 11. The normalized spacial score (nSPS) is 12.9. The maximum absolute atomic E-state index is 13.2. The molecule has 14 heteroatoms. The number of methoxy groups -OCH3 is 2. The maximum Gasteiger partial charge on any atom is 0.279 e. The lowest BCUT2D eigenvalue weighted by Gasteiger charge is -2.17. The van der Waals surface area contributed by atoms with E-state index in [-0.39, 0.29) is 26.8 Å². The summed E-state index contributed by atoms with van der Waals surface area (Å²) in [6.07, 6.45) is 2.30. The van der Waals surface area contributed by atoms with Crippen LogP contribution in [0.15, 0.2) is 45.9 Å². The maximum atomic E-state index is 13.2. The van der Waals surface area contributed by atoms with E-state index in [9.17, 15) is 12.6 Å². The Labute approximate surface area is 233 Å². The van der Waals surface area contributed by atoms with Crippen LogP contribution in [-0.4, -0.2) is 41.7 Å². The molecule has 0 spiro atoms. The Morgan fingerprint density at radius 1 is 1.08 bits per heavy atom. The lowest BCUT2D eigenvalue weighted by Crippen LogP contribution is -2.32. The van der Waals surface area contributed by atoms with Gasteiger partial charge in [0.15, 0.2) is 22.9 Å². The Morgan fingerprint density at radius 3 is 2.49 bits per heavy atom. The Morgan fingerprint density at radius 2 is 1.82 bits per heavy atom. The first-order chi connectivity index (χ1) is 18.4. The Bertz CT molecular complexity index is 1610. The number of nitrogens with zero attached hydrogens (tertiary/aromatic N) is 2. The summed E-state index contributed by atoms with van der Waals surface area (Å²) in [4.78, 5) is 5.10. The lowest BCUT2D eigenvalue weighted by molar-refractivity contribution is 0.378. The first kappa shape index (κ1) is 28.8. The minimum absolute atomic E-state index is 0.00624. The molecular formula is C25H30N4O7S3. The predicted octanol–water partition coefficient (Wildman–Crippen LogP) is 5.01. The summed E-state index contributed by atoms with van der Waals surface area (Å²) in [6, 6.07) is 8.11. The third-order valence-corrected chi connectivity index (χ3v) is 9.33. The van der Waals surface area contributed by atoms with E-state index in [4.69, 9.17) is 18.7 Å². The number of thiazole rings is 1. The van der Waals surface area contributed by atoms with Crippen molar-refractivity contribution in [1.82, 2.24) is 14.9 Å². The minimum atomic E-state index is -4.05. The second-order valence-corrected chi connectivity index (χ2v) is 14.2. The molecule has 0 saturated heterocycles. The number of aromatic nitrogens is 2. The number of aryl methyl sites for hydroxylation is 1. The van der Waals surface area contributed by atoms with Gasteiger partial charge in [-0.15, -0.1) is 0 Å². The zero-order valence-electron chi connectivity index (χ0n) is 22.4. The summed E-state index contributed by atoms with van der Waals surface area (Å²) in [6.45, 7) is 7.97. The van der Waals surface area contributed by atoms with Crippen molar-refractivity contribution in [1.29, 1.82) is 0 Å². The van der Waals surface area contributed by atoms with Crippen molar-refractivity contribution in [3.8, 4) is 22.4 Å². The monoisotopic (exact) mass is 594 g/mol. The molecule has 0 saturated carbocycles. The van der Waals surface area contributed by atoms with Gasteiger partial charge in [-0.05, 0) is 51.0 Å². The Hall–Kier alpha value is -3.20. The van der Waals surface area contributed by atoms with Crippen LogP contribution >= 0.6 is 11.3 Å². The second-order valence-electron chi connectivity index (χ2n) is 9.37. The summed E-state index contributed by atoms with van der Waals surface area (Å²) < 4.78 is 65.9. The van der Waals surface area contributed by atoms with Gasteiger partial charge in [-0.1, -0.05) is 29.5 Å². The summed E-state index contributed by atoms with van der Waals surface area (Å²) in [7, 11) is -2.39. The molecule has 2 N–H and O–H groups in total. The van der Waals surface area contributed by atoms with Gasteiger partial charge < -0.3 is 18.7 Å². The van der Waals surface area contributed by atoms with Crippen molar-refractivity contribution in [2.24, 2.45) is 0 Å². The summed E-state index contributed by atoms with van der Waals surface area (Å²) in [5, 5.41) is 4.64. The molecule has 1 unspecified atom stereocenters. The molecule has 2 heterocycles. The number of fused-ring (bicyclic) bond motifs is 1. The first-order valence-corrected chi connectivity index (χ1v) is 15.3. The highest BCUT2D eigenvalue weighted by molar-refractivity contribution is 7.92. The van der Waals surface area contributed by atoms with Crippen LogP contribution in [0.5, 0.6) is 22.4 Å². The van der Waals surface area contributed by atoms with Crippen molar-refractivity contribution < 1.29 is 31.4 Å². The molecule has 210 valence electrons. The number of hydrogen-bond acceptors (Lipinski definition) is 10. The SMILES string of the molecule is CCc1ccc(OC)c(S(=O)(=O)Nc2noc3cc(Oc4ncc(CNS(=O)C(C)(C)C)s4)c(OC)cc23)c1. The van der Waals surface area contributed by atoms with Crippen LogP contribution in [0.1, 0.15) is 38.1 Å². The number of hydrogen-bond donors (Lipinski definition) is 2. The van der Waals surface area contributed by atoms with Gasteiger partial charge in [-0.25, -0.2) is 22.3 Å². The molecule has 11 nitrogen and oxygen atoms in total. The fourth-order valence-electron chi connectivity index (χ4n) is 3.46. The van der Waals surface area contributed by atoms with Gasteiger partial charge in [0.1, 0.15) is 10.6 Å². The lowest BCUT2D eigenvalue weighted by atomic mass is 10.2. The van der Waals surface area contributed by atoms with E-state index >= 15 is 0 Å². The van der Waals surface area contributed by atoms with E-state index in [2.05, 4.69) is 19.6 Å². The molecule has 0 fully saturated rings. The summed E-state index contributed by atoms with van der Waals surface area (Å²) in [5.41, 5.74) is 1.12. The van der Waals surface area contributed by atoms with Gasteiger partial charge >= 0.3 is 0 Å². The molecule has 2 aromatic carbocycles. The van der Waals surface area contributed by atoms with Gasteiger partial charge in [0, 0.05) is 23.7 Å². The number of benzene rings is 2. The quantitative estimate of drug-likeness (QED) is 0.245. The molecule has 0 aliphatic heterocycles. The summed E-state index contributed by atoms with van der Waals surface area (Å²) >= 11 is 1.29. The van der Waals surface area contributed by atoms with Gasteiger partial charge in [-0.2, -0.15) is 0 Å². The number of ether oxygens (including phenoxy) is 3. The molecule has 4 rings (SSSR count). The highest BCUT2D eigenvalue weighted by Gasteiger charge is 2.25. The van der Waals surface area contributed by atoms with E-state index in [0.717, 1.165) is 10.4 Å². The molecule has 0 radical (unpaired) electrons. The third-order valence-electron chi connectivity index (χ3n) is 5.58. The van der Waals surface area contributed by atoms with Gasteiger partial charge in [0.25, 0.3) is 15.2 Å². The van der Waals surface area contributed by atoms with Crippen molar-refractivity contribution >= 4 is 49.1 Å². The molecule has 2 aromatic heterocycles. The third kappa shape index (κ3) is 6.52. The van der Waals surface area contributed by atoms with Crippen molar-refractivity contribution in [2.75, 3.05) is 18.9 Å². The van der Waals surface area contributed by atoms with Crippen LogP contribution in [0.2, 0.25) is 0 Å². The molecule has 4 aromatic rings. The number of nitrogens with one attached hydrogen (secondary N) is 2. The second kappa shape index (κ2) is 11.5. The highest BCUT2D eigenvalue weighted by atomic mass is 32.2. The van der Waals surface area contributed by atoms with Crippen molar-refractivity contribution in [3.05, 3.63) is 47.0 Å². The van der Waals surface area contributed by atoms with E-state index in [1.165, 1.54) is 25.6 Å². The zero-order valence-corrected chi connectivity index (χ0v) is 24.8. The van der Waals surface area contributed by atoms with Crippen molar-refractivity contribution in [2.45, 2.75) is 50.3 Å². The first-order valence-electron chi connectivity index (χ1n) is 11.9. The predicted molar refractivity (Wildman–Crippen MR) is 151 cm³/mol. The molecule has 0 bridgehead atoms. The average Bonchev–Trinajstić information content (AvgIpc) is 3.51. The van der Waals surface area contributed by atoms with E-state index in [1.807, 2.05) is 33.8 Å². The van der Waals surface area contributed by atoms with Crippen LogP contribution in [0, 0.1) is 0 Å². The van der Waals surface area contributed by atoms with Crippen LogP contribution in [0.4, 0.5) is 5.82 Å². The van der Waals surface area contributed by atoms with Crippen LogP contribution < -0.4 is 23.7 Å². The molecular weight excluding hydrogens is 564 g/mol. The Kier molecular flexibility index (Phi) is 8.49. The minimum Gasteiger partial charge on any atom is -0.495 e. The van der Waals surface area contributed by atoms with E-state index in [0.29, 0.717) is 35.0 Å². The molecule has 1 atom stereocenters. The fraction of sp³-hybridized carbons (Fsp3) is 0.360. The standard InChI is InChI=1S/C25H30N4O7S3/c1-7-15-8-9-18(33-5)22(10-15)39(31,32)29-23-17-11-20(34-6)21(12-19(17)36-28-23)35-24-26-13-16(37-24)14-27-38(30)25(2,3)4/h8-13,27H,7,14H2,1-6H3,(H,28,29). The van der Waals surface area contributed by atoms with Crippen molar-refractivity contribution in [3.63, 3.8) is 0 Å². The van der Waals surface area contributed by atoms with Crippen LogP contribution in [0.3, 0.4) is 0 Å². The topological polar surface area (TPSA) is 142 Å². The molecule has 0 aliphatic carbocycles. The van der Waals surface area contributed by atoms with Crippen LogP contribution in [0.25, 0.3) is 11.0 Å². The highest BCUT2D eigenvalue weighted by Crippen LogP contribution is 2.39. The smallest absolute Gasteiger partial charge is 0.279 e. The number of sulfonamides is 1.